The van der Waals surface area contributed by atoms with Gasteiger partial charge >= 0.3 is 0 Å². The summed E-state index contributed by atoms with van der Waals surface area (Å²) in [7, 11) is 0. The van der Waals surface area contributed by atoms with Gasteiger partial charge in [-0.05, 0) is 48.3 Å². The van der Waals surface area contributed by atoms with Gasteiger partial charge in [0.2, 0.25) is 0 Å². The number of fused-ring (bicyclic) bond motifs is 4. The zero-order valence-electron chi connectivity index (χ0n) is 15.2. The largest absolute Gasteiger partial charge is 0.299 e. The predicted molar refractivity (Wildman–Crippen MR) is 88.5 cm³/mol. The Morgan fingerprint density at radius 3 is 1.09 bits per heavy atom. The molecule has 0 aliphatic heterocycles. The van der Waals surface area contributed by atoms with Gasteiger partial charge in [0.15, 0.2) is 0 Å². The van der Waals surface area contributed by atoms with Gasteiger partial charge in [0.25, 0.3) is 0 Å². The van der Waals surface area contributed by atoms with E-state index in [1.165, 1.54) is 12.8 Å². The van der Waals surface area contributed by atoms with Gasteiger partial charge in [-0.2, -0.15) is 0 Å². The number of Topliss-reactive ketones (excluding diaryl/α,β-unsaturated/α-hetero) is 2. The maximum Gasteiger partial charge on any atom is 0.139 e. The standard InChI is InChI=1S/2C10H16O/c2*1-9(2)7-4-5-10(9,3)8(11)6-7/h2*7H,4-6H2,1-3H3/t7-,10+;/m0./s1. The first-order valence-corrected chi connectivity index (χ1v) is 9.03. The van der Waals surface area contributed by atoms with Crippen LogP contribution < -0.4 is 0 Å². The summed E-state index contributed by atoms with van der Waals surface area (Å²) in [5.74, 6) is 2.39. The van der Waals surface area contributed by atoms with Crippen molar-refractivity contribution < 1.29 is 9.59 Å². The maximum atomic E-state index is 11.6. The molecule has 0 heterocycles. The molecule has 0 aromatic rings. The van der Waals surface area contributed by atoms with Gasteiger partial charge in [-0.3, -0.25) is 9.59 Å². The zero-order chi connectivity index (χ0) is 16.6. The zero-order valence-corrected chi connectivity index (χ0v) is 15.2. The minimum atomic E-state index is 0.0255. The molecule has 4 bridgehead atoms. The van der Waals surface area contributed by atoms with Crippen molar-refractivity contribution in [1.29, 1.82) is 0 Å². The van der Waals surface area contributed by atoms with Crippen LogP contribution in [0.3, 0.4) is 0 Å². The summed E-state index contributed by atoms with van der Waals surface area (Å²) < 4.78 is 0. The summed E-state index contributed by atoms with van der Waals surface area (Å²) in [5, 5.41) is 0. The summed E-state index contributed by atoms with van der Waals surface area (Å²) in [5.41, 5.74) is 0.615. The molecule has 0 aromatic carbocycles. The first kappa shape index (κ1) is 16.2. The van der Waals surface area contributed by atoms with Crippen LogP contribution in [0, 0.1) is 33.5 Å². The van der Waals surface area contributed by atoms with Crippen LogP contribution in [0.1, 0.15) is 80.1 Å². The predicted octanol–water partition coefficient (Wildman–Crippen LogP) is 4.80. The van der Waals surface area contributed by atoms with Crippen molar-refractivity contribution in [2.45, 2.75) is 80.1 Å². The second kappa shape index (κ2) is 4.45. The van der Waals surface area contributed by atoms with Crippen LogP contribution in [-0.4, -0.2) is 11.6 Å². The Bertz CT molecular complexity index is 482. The Balaban J connectivity index is 0.000000131. The molecule has 124 valence electrons. The molecule has 4 aliphatic carbocycles. The van der Waals surface area contributed by atoms with Crippen LogP contribution in [0.2, 0.25) is 0 Å². The number of hydrogen-bond donors (Lipinski definition) is 0. The Labute approximate surface area is 135 Å². The van der Waals surface area contributed by atoms with E-state index in [0.29, 0.717) is 23.4 Å². The fraction of sp³-hybridized carbons (Fsp3) is 0.900. The van der Waals surface area contributed by atoms with Crippen LogP contribution in [-0.2, 0) is 9.59 Å². The highest BCUT2D eigenvalue weighted by Crippen LogP contribution is 2.64. The summed E-state index contributed by atoms with van der Waals surface area (Å²) in [6.07, 6.45) is 6.50. The van der Waals surface area contributed by atoms with Gasteiger partial charge in [0.1, 0.15) is 11.6 Å². The van der Waals surface area contributed by atoms with Crippen molar-refractivity contribution in [2.24, 2.45) is 33.5 Å². The number of rotatable bonds is 0. The number of hydrogen-bond acceptors (Lipinski definition) is 2. The Morgan fingerprint density at radius 2 is 1.00 bits per heavy atom. The highest BCUT2D eigenvalue weighted by atomic mass is 16.1. The first-order chi connectivity index (χ1) is 9.97. The summed E-state index contributed by atoms with van der Waals surface area (Å²) in [6, 6.07) is 0. The van der Waals surface area contributed by atoms with E-state index < -0.39 is 0 Å². The molecule has 2 nitrogen and oxygen atoms in total. The molecule has 22 heavy (non-hydrogen) atoms. The van der Waals surface area contributed by atoms with Crippen molar-refractivity contribution >= 4 is 11.6 Å². The molecule has 4 saturated carbocycles. The quantitative estimate of drug-likeness (QED) is 0.644. The lowest BCUT2D eigenvalue weighted by molar-refractivity contribution is -0.129. The fourth-order valence-corrected chi connectivity index (χ4v) is 5.80. The number of carbonyl (C=O) groups excluding carboxylic acids is 2. The van der Waals surface area contributed by atoms with E-state index in [1.807, 2.05) is 0 Å². The van der Waals surface area contributed by atoms with Crippen molar-refractivity contribution in [2.75, 3.05) is 0 Å². The molecule has 0 aromatic heterocycles. The summed E-state index contributed by atoms with van der Waals surface area (Å²) in [4.78, 5) is 23.1. The van der Waals surface area contributed by atoms with Crippen LogP contribution in [0.4, 0.5) is 0 Å². The summed E-state index contributed by atoms with van der Waals surface area (Å²) in [6.45, 7) is 13.3. The molecule has 0 radical (unpaired) electrons. The number of carbonyl (C=O) groups is 2. The van der Waals surface area contributed by atoms with E-state index in [2.05, 4.69) is 41.5 Å². The van der Waals surface area contributed by atoms with Crippen molar-refractivity contribution in [3.05, 3.63) is 0 Å². The molecule has 0 spiro atoms. The molecule has 4 rings (SSSR count). The van der Waals surface area contributed by atoms with Gasteiger partial charge in [0, 0.05) is 23.7 Å². The first-order valence-electron chi connectivity index (χ1n) is 9.03. The van der Waals surface area contributed by atoms with Crippen molar-refractivity contribution in [1.82, 2.24) is 0 Å². The van der Waals surface area contributed by atoms with E-state index in [1.54, 1.807) is 0 Å². The van der Waals surface area contributed by atoms with Gasteiger partial charge in [-0.15, -0.1) is 0 Å². The van der Waals surface area contributed by atoms with Gasteiger partial charge in [-0.25, -0.2) is 0 Å². The third-order valence-electron chi connectivity index (χ3n) is 8.97. The monoisotopic (exact) mass is 304 g/mol. The third kappa shape index (κ3) is 1.73. The Kier molecular flexibility index (Phi) is 3.28. The van der Waals surface area contributed by atoms with Crippen LogP contribution in [0.15, 0.2) is 0 Å². The van der Waals surface area contributed by atoms with Crippen molar-refractivity contribution in [3.8, 4) is 0 Å². The smallest absolute Gasteiger partial charge is 0.139 e. The molecule has 4 fully saturated rings. The van der Waals surface area contributed by atoms with E-state index in [-0.39, 0.29) is 21.7 Å². The molecule has 0 saturated heterocycles. The van der Waals surface area contributed by atoms with Gasteiger partial charge < -0.3 is 0 Å². The average Bonchev–Trinajstić information content (AvgIpc) is 2.91. The lowest BCUT2D eigenvalue weighted by Gasteiger charge is -2.32. The van der Waals surface area contributed by atoms with E-state index in [9.17, 15) is 9.59 Å². The van der Waals surface area contributed by atoms with E-state index >= 15 is 0 Å². The lowest BCUT2D eigenvalue weighted by Crippen LogP contribution is -2.32. The molecule has 0 N–H and O–H groups in total. The third-order valence-corrected chi connectivity index (χ3v) is 8.97. The minimum Gasteiger partial charge on any atom is -0.299 e. The SMILES string of the molecule is CC1(C)[C@H]2CC[C@]1(C)C(=O)C2.CC12CCC(CC1=O)C2(C)C. The van der Waals surface area contributed by atoms with Gasteiger partial charge in [-0.1, -0.05) is 41.5 Å². The Morgan fingerprint density at radius 1 is 0.682 bits per heavy atom. The fourth-order valence-electron chi connectivity index (χ4n) is 5.80. The van der Waals surface area contributed by atoms with Crippen molar-refractivity contribution in [3.63, 3.8) is 0 Å². The second-order valence-electron chi connectivity index (χ2n) is 9.83. The molecular formula is C20H32O2. The van der Waals surface area contributed by atoms with Gasteiger partial charge in [0.05, 0.1) is 0 Å². The molecule has 2 heteroatoms. The second-order valence-corrected chi connectivity index (χ2v) is 9.83. The molecular weight excluding hydrogens is 272 g/mol. The van der Waals surface area contributed by atoms with Crippen LogP contribution >= 0.6 is 0 Å². The Hall–Kier alpha value is -0.660. The molecule has 4 atom stereocenters. The topological polar surface area (TPSA) is 34.1 Å². The normalized spacial score (nSPS) is 46.8. The highest BCUT2D eigenvalue weighted by Gasteiger charge is 2.62. The molecule has 4 aliphatic rings. The highest BCUT2D eigenvalue weighted by molar-refractivity contribution is 5.89. The molecule has 0 amide bonds. The maximum absolute atomic E-state index is 11.6. The van der Waals surface area contributed by atoms with E-state index in [4.69, 9.17) is 0 Å². The minimum absolute atomic E-state index is 0.0255. The lowest BCUT2D eigenvalue weighted by atomic mass is 9.70. The van der Waals surface area contributed by atoms with Crippen LogP contribution in [0.25, 0.3) is 0 Å². The van der Waals surface area contributed by atoms with E-state index in [0.717, 1.165) is 25.7 Å². The number of ketones is 2. The van der Waals surface area contributed by atoms with Crippen LogP contribution in [0.5, 0.6) is 0 Å². The molecule has 2 unspecified atom stereocenters. The average molecular weight is 304 g/mol. The summed E-state index contributed by atoms with van der Waals surface area (Å²) >= 11 is 0.